The van der Waals surface area contributed by atoms with Gasteiger partial charge in [0, 0.05) is 45.3 Å². The van der Waals surface area contributed by atoms with E-state index < -0.39 is 72.5 Å². The van der Waals surface area contributed by atoms with E-state index in [1.807, 2.05) is 6.92 Å². The van der Waals surface area contributed by atoms with Crippen molar-refractivity contribution in [3.63, 3.8) is 0 Å². The maximum absolute atomic E-state index is 13.8. The zero-order chi connectivity index (χ0) is 46.0. The second-order valence-electron chi connectivity index (χ2n) is 16.1. The summed E-state index contributed by atoms with van der Waals surface area (Å²) in [5.74, 6) is -5.86. The Bertz CT molecular complexity index is 1340. The monoisotopic (exact) mass is 867 g/mol. The molecule has 0 aliphatic rings. The van der Waals surface area contributed by atoms with E-state index in [1.54, 1.807) is 6.92 Å². The molecule has 0 fully saturated rings. The van der Waals surface area contributed by atoms with E-state index in [2.05, 4.69) is 38.2 Å². The number of carbonyl (C=O) groups is 6. The van der Waals surface area contributed by atoms with Crippen LogP contribution in [-0.4, -0.2) is 109 Å². The minimum Gasteiger partial charge on any atom is -0.396 e. The predicted molar refractivity (Wildman–Crippen MR) is 240 cm³/mol. The lowest BCUT2D eigenvalue weighted by Crippen LogP contribution is -2.53. The van der Waals surface area contributed by atoms with Crippen molar-refractivity contribution in [2.75, 3.05) is 33.4 Å². The molecule has 0 aromatic heterocycles. The van der Waals surface area contributed by atoms with Crippen LogP contribution in [0.25, 0.3) is 0 Å². The minimum absolute atomic E-state index is 0.111. The van der Waals surface area contributed by atoms with Gasteiger partial charge in [0.25, 0.3) is 0 Å². The Kier molecular flexibility index (Phi) is 32.8. The number of aliphatic hydroxyl groups is 2. The zero-order valence-corrected chi connectivity index (χ0v) is 37.7. The summed E-state index contributed by atoms with van der Waals surface area (Å²) in [7, 11) is 1.38. The molecule has 6 atom stereocenters. The first-order valence-electron chi connectivity index (χ1n) is 22.6. The third-order valence-corrected chi connectivity index (χ3v) is 11.0. The third-order valence-electron chi connectivity index (χ3n) is 11.0. The molecular formula is C43H82N10O8. The van der Waals surface area contributed by atoms with Gasteiger partial charge in [-0.25, -0.2) is 0 Å². The van der Waals surface area contributed by atoms with Crippen molar-refractivity contribution in [1.29, 1.82) is 0 Å². The Morgan fingerprint density at radius 3 is 1.49 bits per heavy atom. The van der Waals surface area contributed by atoms with Crippen molar-refractivity contribution in [2.24, 2.45) is 50.7 Å². The second kappa shape index (κ2) is 35.3. The van der Waals surface area contributed by atoms with E-state index in [1.165, 1.54) is 64.8 Å². The fraction of sp³-hybridized carbons (Fsp3) is 0.814. The standard InChI is InChI=1S/C43H82N10O8/c1-5-7-8-9-10-11-12-13-14-15-16-17-18-23-38(58)51-34(22-20-25-50-43(46)47)41(61)53-35(29-55)37(57)27-32(30(3)6-2)40(60)52-33(21-19-24-49-42(44)45)36(56)26-31(28-54)39(59)48-4/h30-35,54-55H,5-29H2,1-4H3,(H,48,59)(H,51,58)(H,52,60)(H,53,61)(H4,44,45,49)(H4,46,47,50)/t30-,31-,32-,33-,34-,35-/m1/s1. The fourth-order valence-electron chi connectivity index (χ4n) is 6.96. The molecule has 0 bridgehead atoms. The van der Waals surface area contributed by atoms with Gasteiger partial charge < -0.3 is 54.4 Å². The lowest BCUT2D eigenvalue weighted by atomic mass is 9.84. The number of guanidine groups is 2. The number of amides is 4. The number of rotatable bonds is 38. The molecule has 0 radical (unpaired) electrons. The molecule has 0 aromatic rings. The van der Waals surface area contributed by atoms with Crippen molar-refractivity contribution in [3.05, 3.63) is 0 Å². The fourth-order valence-corrected chi connectivity index (χ4v) is 6.96. The molecule has 0 aliphatic carbocycles. The molecular weight excluding hydrogens is 785 g/mol. The van der Waals surface area contributed by atoms with Gasteiger partial charge in [0.1, 0.15) is 12.1 Å². The Morgan fingerprint density at radius 2 is 1.03 bits per heavy atom. The van der Waals surface area contributed by atoms with Gasteiger partial charge in [-0.1, -0.05) is 104 Å². The predicted octanol–water partition coefficient (Wildman–Crippen LogP) is 1.96. The Balaban J connectivity index is 5.64. The van der Waals surface area contributed by atoms with Crippen LogP contribution >= 0.6 is 0 Å². The SMILES string of the molecule is CCCCCCCCCCCCCCCC(=O)N[C@H](CCCN=C(N)N)C(=O)N[C@H](CO)C(=O)C[C@@H](C(=O)N[C@H](CCCN=C(N)N)C(=O)C[C@H](CO)C(=O)NC)[C@H](C)CC. The molecule has 0 unspecified atom stereocenters. The normalized spacial score (nSPS) is 14.0. The number of hydrogen-bond donors (Lipinski definition) is 10. The quantitative estimate of drug-likeness (QED) is 0.0242. The highest BCUT2D eigenvalue weighted by Crippen LogP contribution is 2.22. The van der Waals surface area contributed by atoms with E-state index in [4.69, 9.17) is 22.9 Å². The van der Waals surface area contributed by atoms with Crippen molar-refractivity contribution < 1.29 is 39.0 Å². The first kappa shape index (κ1) is 56.7. The summed E-state index contributed by atoms with van der Waals surface area (Å²) >= 11 is 0. The zero-order valence-electron chi connectivity index (χ0n) is 37.7. The van der Waals surface area contributed by atoms with Crippen LogP contribution in [0.5, 0.6) is 0 Å². The largest absolute Gasteiger partial charge is 0.396 e. The number of unbranched alkanes of at least 4 members (excludes halogenated alkanes) is 12. The number of hydrogen-bond acceptors (Lipinski definition) is 10. The average Bonchev–Trinajstić information content (AvgIpc) is 3.23. The average molecular weight is 867 g/mol. The summed E-state index contributed by atoms with van der Waals surface area (Å²) < 4.78 is 0. The molecule has 0 aromatic carbocycles. The van der Waals surface area contributed by atoms with Crippen molar-refractivity contribution in [3.8, 4) is 0 Å². The van der Waals surface area contributed by atoms with Gasteiger partial charge in [-0.2, -0.15) is 0 Å². The van der Waals surface area contributed by atoms with Crippen molar-refractivity contribution >= 4 is 47.1 Å². The summed E-state index contributed by atoms with van der Waals surface area (Å²) in [6.07, 6.45) is 16.1. The lowest BCUT2D eigenvalue weighted by molar-refractivity contribution is -0.136. The topological polar surface area (TPSA) is 320 Å². The van der Waals surface area contributed by atoms with Gasteiger partial charge >= 0.3 is 0 Å². The second-order valence-corrected chi connectivity index (χ2v) is 16.1. The van der Waals surface area contributed by atoms with Crippen LogP contribution in [0.2, 0.25) is 0 Å². The summed E-state index contributed by atoms with van der Waals surface area (Å²) in [6.45, 7) is 4.86. The highest BCUT2D eigenvalue weighted by atomic mass is 16.3. The molecule has 0 spiro atoms. The number of nitrogens with zero attached hydrogens (tertiary/aromatic N) is 2. The molecule has 4 amide bonds. The van der Waals surface area contributed by atoms with E-state index >= 15 is 0 Å². The van der Waals surface area contributed by atoms with Gasteiger partial charge in [0.05, 0.1) is 25.2 Å². The van der Waals surface area contributed by atoms with Crippen LogP contribution in [-0.2, 0) is 28.8 Å². The molecule has 0 rings (SSSR count). The number of Topliss-reactive ketones (excluding diaryl/α,β-unsaturated/α-hetero) is 2. The van der Waals surface area contributed by atoms with E-state index in [9.17, 15) is 39.0 Å². The van der Waals surface area contributed by atoms with Crippen LogP contribution in [0, 0.1) is 17.8 Å². The summed E-state index contributed by atoms with van der Waals surface area (Å²) in [5, 5.41) is 30.5. The Labute approximate surface area is 364 Å². The lowest BCUT2D eigenvalue weighted by Gasteiger charge is -2.27. The molecule has 0 aliphatic heterocycles. The van der Waals surface area contributed by atoms with E-state index in [-0.39, 0.29) is 68.9 Å². The van der Waals surface area contributed by atoms with E-state index in [0.717, 1.165) is 19.3 Å². The van der Waals surface area contributed by atoms with Gasteiger partial charge in [0.2, 0.25) is 23.6 Å². The molecule has 0 saturated carbocycles. The molecule has 0 saturated heterocycles. The highest BCUT2D eigenvalue weighted by molar-refractivity contribution is 5.96. The van der Waals surface area contributed by atoms with Gasteiger partial charge in [-0.05, 0) is 38.0 Å². The van der Waals surface area contributed by atoms with E-state index in [0.29, 0.717) is 25.7 Å². The molecule has 0 heterocycles. The summed E-state index contributed by atoms with van der Waals surface area (Å²) in [5.41, 5.74) is 21.7. The first-order chi connectivity index (χ1) is 29.1. The van der Waals surface area contributed by atoms with Gasteiger partial charge in [0.15, 0.2) is 23.5 Å². The van der Waals surface area contributed by atoms with Gasteiger partial charge in [-0.15, -0.1) is 0 Å². The smallest absolute Gasteiger partial charge is 0.243 e. The number of ketones is 2. The maximum atomic E-state index is 13.8. The highest BCUT2D eigenvalue weighted by Gasteiger charge is 2.34. The van der Waals surface area contributed by atoms with Crippen molar-refractivity contribution in [2.45, 2.75) is 174 Å². The summed E-state index contributed by atoms with van der Waals surface area (Å²) in [6, 6.07) is -3.51. The van der Waals surface area contributed by atoms with Crippen LogP contribution in [0.1, 0.15) is 156 Å². The van der Waals surface area contributed by atoms with Crippen LogP contribution in [0.15, 0.2) is 9.98 Å². The number of aliphatic hydroxyl groups excluding tert-OH is 2. The third kappa shape index (κ3) is 27.3. The molecule has 352 valence electrons. The van der Waals surface area contributed by atoms with Crippen LogP contribution < -0.4 is 44.2 Å². The number of aliphatic imine (C=N–C) groups is 2. The Morgan fingerprint density at radius 1 is 0.557 bits per heavy atom. The minimum atomic E-state index is -1.39. The van der Waals surface area contributed by atoms with Crippen molar-refractivity contribution in [1.82, 2.24) is 21.3 Å². The summed E-state index contributed by atoms with van der Waals surface area (Å²) in [4.78, 5) is 87.6. The first-order valence-corrected chi connectivity index (χ1v) is 22.6. The van der Waals surface area contributed by atoms with Crippen LogP contribution in [0.4, 0.5) is 0 Å². The maximum Gasteiger partial charge on any atom is 0.243 e. The Hall–Kier alpha value is -4.32. The number of carbonyl (C=O) groups excluding carboxylic acids is 6. The molecule has 14 N–H and O–H groups in total. The van der Waals surface area contributed by atoms with Crippen LogP contribution in [0.3, 0.4) is 0 Å². The number of nitrogens with one attached hydrogen (secondary N) is 4. The number of nitrogens with two attached hydrogens (primary N) is 4. The molecule has 61 heavy (non-hydrogen) atoms. The van der Waals surface area contributed by atoms with Gasteiger partial charge in [-0.3, -0.25) is 38.8 Å². The molecule has 18 nitrogen and oxygen atoms in total. The molecule has 18 heteroatoms.